The first-order chi connectivity index (χ1) is 15.0. The number of amides is 2. The minimum atomic E-state index is -0.714. The van der Waals surface area contributed by atoms with Crippen molar-refractivity contribution >= 4 is 46.4 Å². The zero-order valence-corrected chi connectivity index (χ0v) is 18.1. The van der Waals surface area contributed by atoms with Crippen molar-refractivity contribution in [2.45, 2.75) is 25.6 Å². The number of thiocarbonyl (C=S) groups is 1. The molecule has 8 heteroatoms. The molecule has 2 heterocycles. The maximum atomic E-state index is 13.3. The molecule has 0 spiro atoms. The largest absolute Gasteiger partial charge is 0.467 e. The fourth-order valence-electron chi connectivity index (χ4n) is 3.47. The maximum Gasteiger partial charge on any atom is 0.252 e. The van der Waals surface area contributed by atoms with Gasteiger partial charge in [-0.2, -0.15) is 0 Å². The average Bonchev–Trinajstić information content (AvgIpc) is 3.35. The SMILES string of the molecule is O=C(CC1C(=O)N(Cc2ccccc2)C(=S)N1Cc1ccco1)Nc1ccc(Cl)cc1. The van der Waals surface area contributed by atoms with Crippen LogP contribution in [0, 0.1) is 0 Å². The highest BCUT2D eigenvalue weighted by atomic mass is 35.5. The molecule has 3 aromatic rings. The summed E-state index contributed by atoms with van der Waals surface area (Å²) in [5.74, 6) is 0.181. The van der Waals surface area contributed by atoms with E-state index in [1.54, 1.807) is 46.4 Å². The smallest absolute Gasteiger partial charge is 0.252 e. The lowest BCUT2D eigenvalue weighted by atomic mass is 10.1. The first kappa shape index (κ1) is 21.1. The molecule has 0 radical (unpaired) electrons. The van der Waals surface area contributed by atoms with Crippen molar-refractivity contribution in [2.75, 3.05) is 5.32 Å². The second-order valence-corrected chi connectivity index (χ2v) is 7.98. The standard InChI is InChI=1S/C23H20ClN3O3S/c24-17-8-10-18(11-9-17)25-21(28)13-20-22(29)27(14-16-5-2-1-3-6-16)23(31)26(20)15-19-7-4-12-30-19/h1-12,20H,13-15H2,(H,25,28). The van der Waals surface area contributed by atoms with Crippen LogP contribution in [0.25, 0.3) is 0 Å². The van der Waals surface area contributed by atoms with Crippen LogP contribution < -0.4 is 5.32 Å². The summed E-state index contributed by atoms with van der Waals surface area (Å²) in [6.45, 7) is 0.657. The topological polar surface area (TPSA) is 65.8 Å². The van der Waals surface area contributed by atoms with Crippen LogP contribution in [0.1, 0.15) is 17.7 Å². The Morgan fingerprint density at radius 3 is 2.45 bits per heavy atom. The van der Waals surface area contributed by atoms with E-state index < -0.39 is 6.04 Å². The van der Waals surface area contributed by atoms with Gasteiger partial charge in [-0.1, -0.05) is 41.9 Å². The Kier molecular flexibility index (Phi) is 6.34. The van der Waals surface area contributed by atoms with E-state index in [1.165, 1.54) is 0 Å². The number of carbonyl (C=O) groups is 2. The van der Waals surface area contributed by atoms with Gasteiger partial charge in [0.1, 0.15) is 11.8 Å². The monoisotopic (exact) mass is 453 g/mol. The van der Waals surface area contributed by atoms with Gasteiger partial charge in [-0.15, -0.1) is 0 Å². The van der Waals surface area contributed by atoms with Gasteiger partial charge in [0.25, 0.3) is 5.91 Å². The molecule has 1 fully saturated rings. The molecular formula is C23H20ClN3O3S. The number of hydrogen-bond donors (Lipinski definition) is 1. The summed E-state index contributed by atoms with van der Waals surface area (Å²) < 4.78 is 5.45. The van der Waals surface area contributed by atoms with E-state index in [4.69, 9.17) is 28.2 Å². The Morgan fingerprint density at radius 1 is 1.03 bits per heavy atom. The molecule has 0 saturated carbocycles. The second-order valence-electron chi connectivity index (χ2n) is 7.17. The van der Waals surface area contributed by atoms with Gasteiger partial charge in [-0.25, -0.2) is 0 Å². The maximum absolute atomic E-state index is 13.3. The number of carbonyl (C=O) groups excluding carboxylic acids is 2. The van der Waals surface area contributed by atoms with Gasteiger partial charge < -0.3 is 14.6 Å². The molecule has 6 nitrogen and oxygen atoms in total. The van der Waals surface area contributed by atoms with E-state index >= 15 is 0 Å². The van der Waals surface area contributed by atoms with Crippen molar-refractivity contribution in [3.63, 3.8) is 0 Å². The van der Waals surface area contributed by atoms with Gasteiger partial charge in [0, 0.05) is 10.7 Å². The molecule has 1 atom stereocenters. The Bertz CT molecular complexity index is 1070. The Morgan fingerprint density at radius 2 is 1.77 bits per heavy atom. The minimum Gasteiger partial charge on any atom is -0.467 e. The molecule has 0 aliphatic carbocycles. The van der Waals surface area contributed by atoms with Crippen LogP contribution in [0.4, 0.5) is 5.69 Å². The van der Waals surface area contributed by atoms with Crippen LogP contribution in [-0.4, -0.2) is 32.8 Å². The zero-order valence-electron chi connectivity index (χ0n) is 16.5. The number of benzene rings is 2. The lowest BCUT2D eigenvalue weighted by Gasteiger charge is -2.22. The van der Waals surface area contributed by atoms with Crippen molar-refractivity contribution < 1.29 is 14.0 Å². The fraction of sp³-hybridized carbons (Fsp3) is 0.174. The van der Waals surface area contributed by atoms with E-state index in [1.807, 2.05) is 36.4 Å². The number of nitrogens with one attached hydrogen (secondary N) is 1. The third-order valence-electron chi connectivity index (χ3n) is 5.00. The number of hydrogen-bond acceptors (Lipinski definition) is 4. The second kappa shape index (κ2) is 9.32. The normalized spacial score (nSPS) is 16.1. The number of nitrogens with zero attached hydrogens (tertiary/aromatic N) is 2. The Labute approximate surface area is 190 Å². The molecule has 0 bridgehead atoms. The summed E-state index contributed by atoms with van der Waals surface area (Å²) in [6.07, 6.45) is 1.54. The van der Waals surface area contributed by atoms with Crippen LogP contribution in [-0.2, 0) is 22.7 Å². The molecule has 1 aliphatic heterocycles. The van der Waals surface area contributed by atoms with Gasteiger partial charge in [-0.05, 0) is 54.2 Å². The predicted octanol–water partition coefficient (Wildman–Crippen LogP) is 4.46. The highest BCUT2D eigenvalue weighted by Gasteiger charge is 2.43. The number of furan rings is 1. The molecule has 1 aliphatic rings. The van der Waals surface area contributed by atoms with Crippen molar-refractivity contribution in [3.05, 3.63) is 89.3 Å². The Balaban J connectivity index is 1.53. The molecule has 1 N–H and O–H groups in total. The summed E-state index contributed by atoms with van der Waals surface area (Å²) in [5, 5.41) is 3.78. The van der Waals surface area contributed by atoms with E-state index in [9.17, 15) is 9.59 Å². The highest BCUT2D eigenvalue weighted by Crippen LogP contribution is 2.26. The highest BCUT2D eigenvalue weighted by molar-refractivity contribution is 7.80. The van der Waals surface area contributed by atoms with Crippen LogP contribution in [0.2, 0.25) is 5.02 Å². The van der Waals surface area contributed by atoms with Gasteiger partial charge in [0.05, 0.1) is 25.8 Å². The van der Waals surface area contributed by atoms with Crippen molar-refractivity contribution in [2.24, 2.45) is 0 Å². The number of halogens is 1. The quantitative estimate of drug-likeness (QED) is 0.535. The van der Waals surface area contributed by atoms with Gasteiger partial charge in [-0.3, -0.25) is 14.5 Å². The molecule has 31 heavy (non-hydrogen) atoms. The molecule has 1 aromatic heterocycles. The average molecular weight is 454 g/mol. The first-order valence-electron chi connectivity index (χ1n) is 9.75. The zero-order chi connectivity index (χ0) is 21.8. The molecule has 158 valence electrons. The lowest BCUT2D eigenvalue weighted by Crippen LogP contribution is -2.37. The van der Waals surface area contributed by atoms with Crippen LogP contribution in [0.15, 0.2) is 77.4 Å². The molecular weight excluding hydrogens is 434 g/mol. The van der Waals surface area contributed by atoms with Crippen LogP contribution in [0.5, 0.6) is 0 Å². The summed E-state index contributed by atoms with van der Waals surface area (Å²) in [6, 6.07) is 19.3. The molecule has 4 rings (SSSR count). The first-order valence-corrected chi connectivity index (χ1v) is 10.5. The summed E-state index contributed by atoms with van der Waals surface area (Å²) >= 11 is 11.5. The van der Waals surface area contributed by atoms with E-state index in [0.29, 0.717) is 34.7 Å². The summed E-state index contributed by atoms with van der Waals surface area (Å²) in [7, 11) is 0. The van der Waals surface area contributed by atoms with Gasteiger partial charge in [0.15, 0.2) is 5.11 Å². The summed E-state index contributed by atoms with van der Waals surface area (Å²) in [4.78, 5) is 29.3. The van der Waals surface area contributed by atoms with Crippen LogP contribution >= 0.6 is 23.8 Å². The fourth-order valence-corrected chi connectivity index (χ4v) is 3.95. The van der Waals surface area contributed by atoms with E-state index in [0.717, 1.165) is 5.56 Å². The summed E-state index contributed by atoms with van der Waals surface area (Å²) in [5.41, 5.74) is 1.57. The van der Waals surface area contributed by atoms with E-state index in [2.05, 4.69) is 5.32 Å². The number of anilines is 1. The van der Waals surface area contributed by atoms with Crippen molar-refractivity contribution in [1.29, 1.82) is 0 Å². The van der Waals surface area contributed by atoms with Gasteiger partial charge in [0.2, 0.25) is 5.91 Å². The molecule has 1 saturated heterocycles. The predicted molar refractivity (Wildman–Crippen MR) is 122 cm³/mol. The molecule has 1 unspecified atom stereocenters. The molecule has 2 amide bonds. The third-order valence-corrected chi connectivity index (χ3v) is 5.71. The van der Waals surface area contributed by atoms with Crippen molar-refractivity contribution in [1.82, 2.24) is 9.80 Å². The molecule has 2 aromatic carbocycles. The minimum absolute atomic E-state index is 0.0341. The number of rotatable bonds is 7. The Hall–Kier alpha value is -3.16. The van der Waals surface area contributed by atoms with Gasteiger partial charge >= 0.3 is 0 Å². The third kappa shape index (κ3) is 4.95. The van der Waals surface area contributed by atoms with E-state index in [-0.39, 0.29) is 18.2 Å². The van der Waals surface area contributed by atoms with Crippen LogP contribution in [0.3, 0.4) is 0 Å². The lowest BCUT2D eigenvalue weighted by molar-refractivity contribution is -0.131. The van der Waals surface area contributed by atoms with Crippen molar-refractivity contribution in [3.8, 4) is 0 Å².